The molecule has 5 heteroatoms. The number of hydrogen-bond acceptors (Lipinski definition) is 3. The van der Waals surface area contributed by atoms with Gasteiger partial charge in [-0.2, -0.15) is 8.42 Å². The molecule has 0 heterocycles. The minimum Gasteiger partial charge on any atom is -0.370 e. The van der Waals surface area contributed by atoms with Crippen molar-refractivity contribution in [1.29, 1.82) is 0 Å². The van der Waals surface area contributed by atoms with Crippen molar-refractivity contribution in [3.63, 3.8) is 0 Å². The summed E-state index contributed by atoms with van der Waals surface area (Å²) in [5, 5.41) is 0. The average molecular weight is 318 g/mol. The van der Waals surface area contributed by atoms with E-state index in [9.17, 15) is 8.42 Å². The molecular weight excluding hydrogens is 288 g/mol. The van der Waals surface area contributed by atoms with Gasteiger partial charge in [0.2, 0.25) is 0 Å². The Morgan fingerprint density at radius 2 is 1.38 bits per heavy atom. The number of unbranched alkanes of at least 4 members (excludes halogenated alkanes) is 10. The summed E-state index contributed by atoms with van der Waals surface area (Å²) in [6.07, 6.45) is 20.3. The van der Waals surface area contributed by atoms with E-state index in [1.807, 2.05) is 6.08 Å². The smallest absolute Gasteiger partial charge is 0.370 e. The van der Waals surface area contributed by atoms with Crippen molar-refractivity contribution in [1.82, 2.24) is 0 Å². The van der Waals surface area contributed by atoms with Crippen LogP contribution in [0.25, 0.3) is 0 Å². The molecule has 0 aromatic rings. The summed E-state index contributed by atoms with van der Waals surface area (Å²) in [5.41, 5.74) is 0. The SMILES string of the molecule is CCCCCCCCCCCC/C=C/C=C/OS(=O)(=O)O. The number of rotatable bonds is 14. The predicted octanol–water partition coefficient (Wildman–Crippen LogP) is 5.19. The van der Waals surface area contributed by atoms with Crippen LogP contribution in [0.3, 0.4) is 0 Å². The van der Waals surface area contributed by atoms with E-state index in [0.29, 0.717) is 0 Å². The molecule has 4 nitrogen and oxygen atoms in total. The van der Waals surface area contributed by atoms with E-state index >= 15 is 0 Å². The summed E-state index contributed by atoms with van der Waals surface area (Å²) in [6.45, 7) is 2.24. The summed E-state index contributed by atoms with van der Waals surface area (Å²) < 4.78 is 32.8. The van der Waals surface area contributed by atoms with E-state index in [0.717, 1.165) is 19.1 Å². The van der Waals surface area contributed by atoms with Gasteiger partial charge in [0, 0.05) is 0 Å². The maximum Gasteiger partial charge on any atom is 0.445 e. The first-order valence-electron chi connectivity index (χ1n) is 8.03. The predicted molar refractivity (Wildman–Crippen MR) is 87.4 cm³/mol. The van der Waals surface area contributed by atoms with Gasteiger partial charge in [-0.05, 0) is 18.9 Å². The summed E-state index contributed by atoms with van der Waals surface area (Å²) >= 11 is 0. The monoisotopic (exact) mass is 318 g/mol. The summed E-state index contributed by atoms with van der Waals surface area (Å²) in [5.74, 6) is 0. The Balaban J connectivity index is 3.25. The van der Waals surface area contributed by atoms with E-state index in [4.69, 9.17) is 4.55 Å². The highest BCUT2D eigenvalue weighted by molar-refractivity contribution is 7.81. The molecule has 0 aliphatic rings. The Morgan fingerprint density at radius 1 is 0.857 bits per heavy atom. The van der Waals surface area contributed by atoms with E-state index in [2.05, 4.69) is 11.1 Å². The van der Waals surface area contributed by atoms with Crippen molar-refractivity contribution >= 4 is 10.4 Å². The third-order valence-corrected chi connectivity index (χ3v) is 3.58. The lowest BCUT2D eigenvalue weighted by atomic mass is 10.1. The van der Waals surface area contributed by atoms with Crippen LogP contribution in [-0.4, -0.2) is 13.0 Å². The molecule has 0 aliphatic heterocycles. The lowest BCUT2D eigenvalue weighted by molar-refractivity contribution is 0.356. The molecule has 124 valence electrons. The van der Waals surface area contributed by atoms with E-state index in [1.165, 1.54) is 63.9 Å². The Labute approximate surface area is 130 Å². The largest absolute Gasteiger partial charge is 0.445 e. The van der Waals surface area contributed by atoms with Gasteiger partial charge in [0.05, 0.1) is 0 Å². The van der Waals surface area contributed by atoms with Crippen molar-refractivity contribution in [3.8, 4) is 0 Å². The van der Waals surface area contributed by atoms with E-state index in [-0.39, 0.29) is 0 Å². The summed E-state index contributed by atoms with van der Waals surface area (Å²) in [6, 6.07) is 0. The van der Waals surface area contributed by atoms with Crippen LogP contribution in [0.5, 0.6) is 0 Å². The molecule has 0 rings (SSSR count). The average Bonchev–Trinajstić information content (AvgIpc) is 2.42. The standard InChI is InChI=1S/C16H30O4S/c1-2-3-4-5-6-7-8-9-10-11-12-13-14-15-16-20-21(17,18)19/h13-16H,2-12H2,1H3,(H,17,18,19)/b14-13+,16-15+. The van der Waals surface area contributed by atoms with Crippen LogP contribution in [0.15, 0.2) is 24.5 Å². The molecule has 0 aromatic heterocycles. The molecule has 1 N–H and O–H groups in total. The summed E-state index contributed by atoms with van der Waals surface area (Å²) in [4.78, 5) is 0. The van der Waals surface area contributed by atoms with E-state index in [1.54, 1.807) is 6.08 Å². The third kappa shape index (κ3) is 19.2. The van der Waals surface area contributed by atoms with Crippen molar-refractivity contribution in [3.05, 3.63) is 24.5 Å². The lowest BCUT2D eigenvalue weighted by Gasteiger charge is -2.01. The quantitative estimate of drug-likeness (QED) is 0.207. The fraction of sp³-hybridized carbons (Fsp3) is 0.750. The Bertz CT molecular complexity index is 372. The van der Waals surface area contributed by atoms with Crippen molar-refractivity contribution in [2.45, 2.75) is 77.6 Å². The van der Waals surface area contributed by atoms with Gasteiger partial charge in [-0.1, -0.05) is 76.9 Å². The molecule has 0 fully saturated rings. The molecule has 0 amide bonds. The molecular formula is C16H30O4S. The van der Waals surface area contributed by atoms with Gasteiger partial charge < -0.3 is 4.18 Å². The van der Waals surface area contributed by atoms with Gasteiger partial charge in [0.25, 0.3) is 0 Å². The van der Waals surface area contributed by atoms with Crippen LogP contribution in [0.4, 0.5) is 0 Å². The third-order valence-electron chi connectivity index (χ3n) is 3.23. The zero-order valence-corrected chi connectivity index (χ0v) is 14.0. The second kappa shape index (κ2) is 14.1. The lowest BCUT2D eigenvalue weighted by Crippen LogP contribution is -1.96. The van der Waals surface area contributed by atoms with Crippen LogP contribution in [0.1, 0.15) is 77.6 Å². The Kier molecular flexibility index (Phi) is 13.6. The molecule has 0 aliphatic carbocycles. The Morgan fingerprint density at radius 3 is 1.90 bits per heavy atom. The first kappa shape index (κ1) is 20.2. The van der Waals surface area contributed by atoms with Gasteiger partial charge in [0.1, 0.15) is 6.26 Å². The molecule has 0 unspecified atom stereocenters. The molecule has 0 radical (unpaired) electrons. The molecule has 0 saturated heterocycles. The van der Waals surface area contributed by atoms with Crippen LogP contribution >= 0.6 is 0 Å². The van der Waals surface area contributed by atoms with Gasteiger partial charge in [-0.3, -0.25) is 4.55 Å². The van der Waals surface area contributed by atoms with E-state index < -0.39 is 10.4 Å². The van der Waals surface area contributed by atoms with Gasteiger partial charge in [-0.15, -0.1) is 0 Å². The number of hydrogen-bond donors (Lipinski definition) is 1. The van der Waals surface area contributed by atoms with Crippen LogP contribution < -0.4 is 0 Å². The zero-order chi connectivity index (χ0) is 15.8. The minimum absolute atomic E-state index is 0.949. The topological polar surface area (TPSA) is 63.6 Å². The highest BCUT2D eigenvalue weighted by Gasteiger charge is 1.97. The maximum atomic E-state index is 10.2. The van der Waals surface area contributed by atoms with Gasteiger partial charge >= 0.3 is 10.4 Å². The highest BCUT2D eigenvalue weighted by Crippen LogP contribution is 2.11. The van der Waals surface area contributed by atoms with Crippen LogP contribution in [0, 0.1) is 0 Å². The van der Waals surface area contributed by atoms with Crippen molar-refractivity contribution in [2.75, 3.05) is 0 Å². The molecule has 0 saturated carbocycles. The van der Waals surface area contributed by atoms with Crippen molar-refractivity contribution in [2.24, 2.45) is 0 Å². The van der Waals surface area contributed by atoms with Crippen LogP contribution in [0.2, 0.25) is 0 Å². The molecule has 21 heavy (non-hydrogen) atoms. The first-order chi connectivity index (χ1) is 10.1. The van der Waals surface area contributed by atoms with Crippen molar-refractivity contribution < 1.29 is 17.2 Å². The Hall–Kier alpha value is -0.810. The maximum absolute atomic E-state index is 10.2. The second-order valence-corrected chi connectivity index (χ2v) is 6.30. The summed E-state index contributed by atoms with van der Waals surface area (Å²) in [7, 11) is -4.36. The highest BCUT2D eigenvalue weighted by atomic mass is 32.3. The molecule has 0 spiro atoms. The minimum atomic E-state index is -4.36. The molecule has 0 bridgehead atoms. The van der Waals surface area contributed by atoms with Gasteiger partial charge in [-0.25, -0.2) is 0 Å². The zero-order valence-electron chi connectivity index (χ0n) is 13.2. The fourth-order valence-corrected chi connectivity index (χ4v) is 2.28. The number of allylic oxidation sites excluding steroid dienone is 3. The van der Waals surface area contributed by atoms with Gasteiger partial charge in [0.15, 0.2) is 0 Å². The normalized spacial score (nSPS) is 12.5. The first-order valence-corrected chi connectivity index (χ1v) is 9.40. The molecule has 0 atom stereocenters. The fourth-order valence-electron chi connectivity index (χ4n) is 2.07. The molecule has 0 aromatic carbocycles. The second-order valence-electron chi connectivity index (χ2n) is 5.25. The van der Waals surface area contributed by atoms with Crippen LogP contribution in [-0.2, 0) is 14.6 Å².